The van der Waals surface area contributed by atoms with Gasteiger partial charge in [0.05, 0.1) is 7.11 Å². The quantitative estimate of drug-likeness (QED) is 0.413. The molecule has 0 aromatic carbocycles. The van der Waals surface area contributed by atoms with Gasteiger partial charge in [0.15, 0.2) is 0 Å². The van der Waals surface area contributed by atoms with Crippen LogP contribution in [0.3, 0.4) is 0 Å². The molecule has 0 spiro atoms. The lowest BCUT2D eigenvalue weighted by molar-refractivity contribution is -0.142. The van der Waals surface area contributed by atoms with Gasteiger partial charge in [0.25, 0.3) is 0 Å². The summed E-state index contributed by atoms with van der Waals surface area (Å²) in [5.74, 6) is -2.02. The molecule has 9 heteroatoms. The minimum atomic E-state index is -1.25. The fourth-order valence-electron chi connectivity index (χ4n) is 1.41. The molecular formula is C12H21N3O6. The van der Waals surface area contributed by atoms with Gasteiger partial charge in [-0.05, 0) is 13.3 Å². The average Bonchev–Trinajstić information content (AvgIpc) is 2.42. The number of carbonyl (C=O) groups is 4. The van der Waals surface area contributed by atoms with E-state index in [0.717, 1.165) is 0 Å². The van der Waals surface area contributed by atoms with Crippen molar-refractivity contribution in [3.05, 3.63) is 0 Å². The van der Waals surface area contributed by atoms with Crippen molar-refractivity contribution >= 4 is 23.9 Å². The SMILES string of the molecule is CCNC(=O)CCNC(=O)N[C@H](CCC(=O)OC)C(=O)O. The lowest BCUT2D eigenvalue weighted by atomic mass is 10.1. The second-order valence-electron chi connectivity index (χ2n) is 4.11. The maximum absolute atomic E-state index is 11.5. The highest BCUT2D eigenvalue weighted by molar-refractivity contribution is 5.83. The number of aliphatic carboxylic acids is 1. The Bertz CT molecular complexity index is 385. The van der Waals surface area contributed by atoms with Gasteiger partial charge in [-0.1, -0.05) is 0 Å². The Morgan fingerprint density at radius 2 is 1.81 bits per heavy atom. The zero-order chi connectivity index (χ0) is 16.3. The van der Waals surface area contributed by atoms with Gasteiger partial charge < -0.3 is 25.8 Å². The third-order valence-corrected chi connectivity index (χ3v) is 2.48. The first-order valence-electron chi connectivity index (χ1n) is 6.51. The molecule has 0 aromatic rings. The van der Waals surface area contributed by atoms with Gasteiger partial charge in [-0.25, -0.2) is 9.59 Å². The van der Waals surface area contributed by atoms with E-state index in [2.05, 4.69) is 20.7 Å². The van der Waals surface area contributed by atoms with Gasteiger partial charge in [-0.2, -0.15) is 0 Å². The number of nitrogens with one attached hydrogen (secondary N) is 3. The second kappa shape index (κ2) is 10.5. The van der Waals surface area contributed by atoms with E-state index in [4.69, 9.17) is 5.11 Å². The summed E-state index contributed by atoms with van der Waals surface area (Å²) in [5, 5.41) is 16.1. The number of ether oxygens (including phenoxy) is 1. The fourth-order valence-corrected chi connectivity index (χ4v) is 1.41. The minimum absolute atomic E-state index is 0.0776. The zero-order valence-electron chi connectivity index (χ0n) is 12.1. The molecule has 0 radical (unpaired) electrons. The minimum Gasteiger partial charge on any atom is -0.480 e. The summed E-state index contributed by atoms with van der Waals surface area (Å²) in [5.41, 5.74) is 0. The summed E-state index contributed by atoms with van der Waals surface area (Å²) in [4.78, 5) is 44.5. The van der Waals surface area contributed by atoms with E-state index in [9.17, 15) is 19.2 Å². The number of methoxy groups -OCH3 is 1. The fraction of sp³-hybridized carbons (Fsp3) is 0.667. The van der Waals surface area contributed by atoms with Crippen molar-refractivity contribution in [3.63, 3.8) is 0 Å². The third-order valence-electron chi connectivity index (χ3n) is 2.48. The largest absolute Gasteiger partial charge is 0.480 e. The van der Waals surface area contributed by atoms with Crippen molar-refractivity contribution in [1.82, 2.24) is 16.0 Å². The van der Waals surface area contributed by atoms with Crippen LogP contribution in [-0.2, 0) is 19.1 Å². The van der Waals surface area contributed by atoms with E-state index in [1.54, 1.807) is 6.92 Å². The van der Waals surface area contributed by atoms with E-state index in [1.165, 1.54) is 7.11 Å². The highest BCUT2D eigenvalue weighted by Gasteiger charge is 2.21. The number of carbonyl (C=O) groups excluding carboxylic acids is 3. The Morgan fingerprint density at radius 1 is 1.14 bits per heavy atom. The molecule has 0 heterocycles. The van der Waals surface area contributed by atoms with Crippen molar-refractivity contribution in [2.75, 3.05) is 20.2 Å². The lowest BCUT2D eigenvalue weighted by Gasteiger charge is -2.14. The van der Waals surface area contributed by atoms with Crippen LogP contribution in [0.1, 0.15) is 26.2 Å². The average molecular weight is 303 g/mol. The summed E-state index contributed by atoms with van der Waals surface area (Å²) < 4.78 is 4.39. The standard InChI is InChI=1S/C12H21N3O6/c1-3-13-9(16)6-7-14-12(20)15-8(11(18)19)4-5-10(17)21-2/h8H,3-7H2,1-2H3,(H,13,16)(H,18,19)(H2,14,15,20)/t8-/m1/s1. The van der Waals surface area contributed by atoms with Crippen LogP contribution >= 0.6 is 0 Å². The van der Waals surface area contributed by atoms with E-state index < -0.39 is 24.0 Å². The Kier molecular flexibility index (Phi) is 9.31. The number of esters is 1. The van der Waals surface area contributed by atoms with Crippen LogP contribution < -0.4 is 16.0 Å². The number of rotatable bonds is 9. The first-order chi connectivity index (χ1) is 9.90. The maximum Gasteiger partial charge on any atom is 0.326 e. The van der Waals surface area contributed by atoms with Crippen LogP contribution in [0.2, 0.25) is 0 Å². The van der Waals surface area contributed by atoms with Gasteiger partial charge in [0.1, 0.15) is 6.04 Å². The number of hydrogen-bond donors (Lipinski definition) is 4. The molecule has 1 atom stereocenters. The number of carboxylic acids is 1. The van der Waals surface area contributed by atoms with Crippen LogP contribution in [0.25, 0.3) is 0 Å². The molecule has 0 saturated heterocycles. The second-order valence-corrected chi connectivity index (χ2v) is 4.11. The van der Waals surface area contributed by atoms with Crippen LogP contribution in [0.15, 0.2) is 0 Å². The molecule has 0 aliphatic carbocycles. The number of hydrogen-bond acceptors (Lipinski definition) is 5. The van der Waals surface area contributed by atoms with Gasteiger partial charge in [-0.3, -0.25) is 9.59 Å². The van der Waals surface area contributed by atoms with Crippen molar-refractivity contribution in [2.45, 2.75) is 32.2 Å². The molecule has 0 unspecified atom stereocenters. The smallest absolute Gasteiger partial charge is 0.326 e. The monoisotopic (exact) mass is 303 g/mol. The summed E-state index contributed by atoms with van der Waals surface area (Å²) in [6, 6.07) is -1.91. The Balaban J connectivity index is 4.09. The maximum atomic E-state index is 11.5. The molecule has 0 rings (SSSR count). The molecule has 3 amide bonds. The molecule has 120 valence electrons. The summed E-state index contributed by atoms with van der Waals surface area (Å²) in [7, 11) is 1.19. The van der Waals surface area contributed by atoms with Crippen LogP contribution in [-0.4, -0.2) is 55.2 Å². The molecular weight excluding hydrogens is 282 g/mol. The molecule has 0 fully saturated rings. The Labute approximate surface area is 122 Å². The van der Waals surface area contributed by atoms with Gasteiger partial charge in [-0.15, -0.1) is 0 Å². The molecule has 21 heavy (non-hydrogen) atoms. The summed E-state index contributed by atoms with van der Waals surface area (Å²) in [6.45, 7) is 2.36. The van der Waals surface area contributed by atoms with E-state index in [0.29, 0.717) is 6.54 Å². The Hall–Kier alpha value is -2.32. The first-order valence-corrected chi connectivity index (χ1v) is 6.51. The molecule has 0 saturated carbocycles. The van der Waals surface area contributed by atoms with Crippen molar-refractivity contribution in [1.29, 1.82) is 0 Å². The molecule has 0 bridgehead atoms. The predicted octanol–water partition coefficient (Wildman–Crippen LogP) is -0.782. The molecule has 0 aliphatic heterocycles. The third kappa shape index (κ3) is 9.25. The number of carboxylic acid groups (broad SMARTS) is 1. The Morgan fingerprint density at radius 3 is 2.33 bits per heavy atom. The predicted molar refractivity (Wildman–Crippen MR) is 72.5 cm³/mol. The number of amides is 3. The van der Waals surface area contributed by atoms with Crippen molar-refractivity contribution in [2.24, 2.45) is 0 Å². The van der Waals surface area contributed by atoms with E-state index >= 15 is 0 Å². The summed E-state index contributed by atoms with van der Waals surface area (Å²) >= 11 is 0. The zero-order valence-corrected chi connectivity index (χ0v) is 12.1. The van der Waals surface area contributed by atoms with Crippen molar-refractivity contribution in [3.8, 4) is 0 Å². The van der Waals surface area contributed by atoms with Crippen molar-refractivity contribution < 1.29 is 29.0 Å². The van der Waals surface area contributed by atoms with Crippen LogP contribution in [0.4, 0.5) is 4.79 Å². The highest BCUT2D eigenvalue weighted by Crippen LogP contribution is 1.99. The van der Waals surface area contributed by atoms with E-state index in [-0.39, 0.29) is 31.7 Å². The first kappa shape index (κ1) is 18.7. The molecule has 4 N–H and O–H groups in total. The topological polar surface area (TPSA) is 134 Å². The van der Waals surface area contributed by atoms with Gasteiger partial charge in [0.2, 0.25) is 5.91 Å². The van der Waals surface area contributed by atoms with Gasteiger partial charge in [0, 0.05) is 25.9 Å². The lowest BCUT2D eigenvalue weighted by Crippen LogP contribution is -2.46. The molecule has 9 nitrogen and oxygen atoms in total. The van der Waals surface area contributed by atoms with E-state index in [1.807, 2.05) is 0 Å². The molecule has 0 aliphatic rings. The number of urea groups is 1. The highest BCUT2D eigenvalue weighted by atomic mass is 16.5. The normalized spacial score (nSPS) is 11.1. The molecule has 0 aromatic heterocycles. The summed E-state index contributed by atoms with van der Waals surface area (Å²) in [6.07, 6.45) is -0.0977. The van der Waals surface area contributed by atoms with Gasteiger partial charge >= 0.3 is 18.0 Å². The van der Waals surface area contributed by atoms with Crippen LogP contribution in [0, 0.1) is 0 Å². The van der Waals surface area contributed by atoms with Crippen LogP contribution in [0.5, 0.6) is 0 Å².